The van der Waals surface area contributed by atoms with Gasteiger partial charge in [-0.25, -0.2) is 4.79 Å². The maximum Gasteiger partial charge on any atom is 0.359 e. The van der Waals surface area contributed by atoms with Gasteiger partial charge in [0.15, 0.2) is 5.69 Å². The molecular weight excluding hydrogens is 164 g/mol. The van der Waals surface area contributed by atoms with E-state index in [0.717, 1.165) is 18.1 Å². The fourth-order valence-corrected chi connectivity index (χ4v) is 0.927. The predicted molar refractivity (Wildman–Crippen MR) is 40.5 cm³/mol. The van der Waals surface area contributed by atoms with E-state index in [1.165, 1.54) is 6.20 Å². The fourth-order valence-electron chi connectivity index (χ4n) is 0.523. The minimum absolute atomic E-state index is 0.295. The van der Waals surface area contributed by atoms with Gasteiger partial charge in [0.25, 0.3) is 0 Å². The highest BCUT2D eigenvalue weighted by Gasteiger charge is 2.08. The summed E-state index contributed by atoms with van der Waals surface area (Å²) < 4.78 is 12.2. The van der Waals surface area contributed by atoms with E-state index >= 15 is 0 Å². The van der Waals surface area contributed by atoms with Crippen LogP contribution in [0.3, 0.4) is 0 Å². The lowest BCUT2D eigenvalue weighted by molar-refractivity contribution is 0.0499. The van der Waals surface area contributed by atoms with E-state index in [-0.39, 0.29) is 5.97 Å². The molecule has 0 aliphatic carbocycles. The summed E-state index contributed by atoms with van der Waals surface area (Å²) in [6, 6.07) is 0. The summed E-state index contributed by atoms with van der Waals surface area (Å²) >= 11 is 1.00. The van der Waals surface area contributed by atoms with Crippen molar-refractivity contribution in [1.29, 1.82) is 0 Å². The second-order valence-corrected chi connectivity index (χ2v) is 2.49. The van der Waals surface area contributed by atoms with Gasteiger partial charge in [0, 0.05) is 0 Å². The SMILES string of the molecule is CCCOC(=O)c1cnsn1. The molecule has 0 N–H and O–H groups in total. The molecule has 0 aliphatic heterocycles. The first-order valence-corrected chi connectivity index (χ1v) is 4.02. The molecule has 0 atom stereocenters. The Hall–Kier alpha value is -0.970. The van der Waals surface area contributed by atoms with E-state index in [4.69, 9.17) is 4.74 Å². The molecule has 0 spiro atoms. The third-order valence-corrected chi connectivity index (χ3v) is 1.49. The molecule has 1 rings (SSSR count). The number of ether oxygens (including phenoxy) is 1. The van der Waals surface area contributed by atoms with Crippen LogP contribution < -0.4 is 0 Å². The molecule has 0 bridgehead atoms. The first-order chi connectivity index (χ1) is 5.34. The number of esters is 1. The molecule has 11 heavy (non-hydrogen) atoms. The monoisotopic (exact) mass is 172 g/mol. The molecule has 1 aromatic rings. The third kappa shape index (κ3) is 2.27. The highest BCUT2D eigenvalue weighted by atomic mass is 32.1. The molecule has 5 heteroatoms. The minimum atomic E-state index is -0.388. The Morgan fingerprint density at radius 2 is 2.64 bits per heavy atom. The molecule has 0 aromatic carbocycles. The van der Waals surface area contributed by atoms with Gasteiger partial charge in [0.05, 0.1) is 24.5 Å². The summed E-state index contributed by atoms with van der Waals surface area (Å²) in [7, 11) is 0. The van der Waals surface area contributed by atoms with Crippen molar-refractivity contribution >= 4 is 17.7 Å². The lowest BCUT2D eigenvalue weighted by Crippen LogP contribution is -2.05. The van der Waals surface area contributed by atoms with Gasteiger partial charge >= 0.3 is 5.97 Å². The van der Waals surface area contributed by atoms with Crippen molar-refractivity contribution in [3.8, 4) is 0 Å². The van der Waals surface area contributed by atoms with Gasteiger partial charge < -0.3 is 4.74 Å². The average Bonchev–Trinajstić information content (AvgIpc) is 2.52. The average molecular weight is 172 g/mol. The highest BCUT2D eigenvalue weighted by molar-refractivity contribution is 6.99. The zero-order valence-electron chi connectivity index (χ0n) is 6.11. The Balaban J connectivity index is 2.43. The minimum Gasteiger partial charge on any atom is -0.461 e. The zero-order chi connectivity index (χ0) is 8.10. The third-order valence-electron chi connectivity index (χ3n) is 1.01. The van der Waals surface area contributed by atoms with Crippen LogP contribution in [0.4, 0.5) is 0 Å². The van der Waals surface area contributed by atoms with Gasteiger partial charge in [-0.15, -0.1) is 0 Å². The van der Waals surface area contributed by atoms with Crippen molar-refractivity contribution in [2.75, 3.05) is 6.61 Å². The molecule has 0 saturated heterocycles. The Morgan fingerprint density at radius 3 is 3.18 bits per heavy atom. The molecule has 0 aliphatic rings. The molecule has 1 aromatic heterocycles. The quantitative estimate of drug-likeness (QED) is 0.641. The first-order valence-electron chi connectivity index (χ1n) is 3.29. The Bertz CT molecular complexity index is 222. The molecule has 0 fully saturated rings. The van der Waals surface area contributed by atoms with E-state index in [1.807, 2.05) is 6.92 Å². The standard InChI is InChI=1S/C6H8N2O2S/c1-2-3-10-6(9)5-4-7-11-8-5/h4H,2-3H2,1H3. The lowest BCUT2D eigenvalue weighted by atomic mass is 10.5. The van der Waals surface area contributed by atoms with E-state index in [9.17, 15) is 4.79 Å². The number of hydrogen-bond donors (Lipinski definition) is 0. The second-order valence-electron chi connectivity index (χ2n) is 1.93. The smallest absolute Gasteiger partial charge is 0.359 e. The number of carbonyl (C=O) groups excluding carboxylic acids is 1. The van der Waals surface area contributed by atoms with Gasteiger partial charge in [-0.2, -0.15) is 8.75 Å². The van der Waals surface area contributed by atoms with Crippen molar-refractivity contribution in [3.05, 3.63) is 11.9 Å². The number of carbonyl (C=O) groups is 1. The summed E-state index contributed by atoms with van der Waals surface area (Å²) in [6.45, 7) is 2.38. The van der Waals surface area contributed by atoms with Crippen LogP contribution in [0.15, 0.2) is 6.20 Å². The van der Waals surface area contributed by atoms with Crippen LogP contribution in [-0.4, -0.2) is 21.3 Å². The summed E-state index contributed by atoms with van der Waals surface area (Å²) in [5, 5.41) is 0. The Labute approximate surface area is 68.5 Å². The topological polar surface area (TPSA) is 52.1 Å². The number of hydrogen-bond acceptors (Lipinski definition) is 5. The number of aromatic nitrogens is 2. The van der Waals surface area contributed by atoms with Gasteiger partial charge in [-0.05, 0) is 6.42 Å². The molecule has 60 valence electrons. The Morgan fingerprint density at radius 1 is 1.82 bits per heavy atom. The van der Waals surface area contributed by atoms with Crippen LogP contribution in [0.2, 0.25) is 0 Å². The van der Waals surface area contributed by atoms with Crippen molar-refractivity contribution < 1.29 is 9.53 Å². The first kappa shape index (κ1) is 8.13. The number of rotatable bonds is 3. The highest BCUT2D eigenvalue weighted by Crippen LogP contribution is 1.97. The van der Waals surface area contributed by atoms with Crippen LogP contribution >= 0.6 is 11.7 Å². The molecule has 0 radical (unpaired) electrons. The molecule has 0 saturated carbocycles. The molecule has 0 amide bonds. The van der Waals surface area contributed by atoms with Crippen LogP contribution in [0.5, 0.6) is 0 Å². The van der Waals surface area contributed by atoms with Crippen molar-refractivity contribution in [1.82, 2.24) is 8.75 Å². The molecule has 4 nitrogen and oxygen atoms in total. The Kier molecular flexibility index (Phi) is 2.97. The van der Waals surface area contributed by atoms with Gasteiger partial charge in [-0.1, -0.05) is 6.92 Å². The lowest BCUT2D eigenvalue weighted by Gasteiger charge is -1.97. The van der Waals surface area contributed by atoms with E-state index in [1.54, 1.807) is 0 Å². The van der Waals surface area contributed by atoms with Crippen molar-refractivity contribution in [3.63, 3.8) is 0 Å². The summed E-state index contributed by atoms with van der Waals surface area (Å²) in [6.07, 6.45) is 2.23. The normalized spacial score (nSPS) is 9.55. The summed E-state index contributed by atoms with van der Waals surface area (Å²) in [4.78, 5) is 10.9. The van der Waals surface area contributed by atoms with Crippen molar-refractivity contribution in [2.45, 2.75) is 13.3 Å². The zero-order valence-corrected chi connectivity index (χ0v) is 6.93. The maximum absolute atomic E-state index is 10.9. The van der Waals surface area contributed by atoms with Crippen LogP contribution in [-0.2, 0) is 4.74 Å². The fraction of sp³-hybridized carbons (Fsp3) is 0.500. The van der Waals surface area contributed by atoms with Crippen LogP contribution in [0.1, 0.15) is 23.8 Å². The number of nitrogens with zero attached hydrogens (tertiary/aromatic N) is 2. The van der Waals surface area contributed by atoms with Gasteiger partial charge in [0.2, 0.25) is 0 Å². The van der Waals surface area contributed by atoms with Gasteiger partial charge in [0.1, 0.15) is 0 Å². The van der Waals surface area contributed by atoms with Gasteiger partial charge in [-0.3, -0.25) is 0 Å². The summed E-state index contributed by atoms with van der Waals surface area (Å²) in [5.41, 5.74) is 0.295. The van der Waals surface area contributed by atoms with E-state index < -0.39 is 0 Å². The second kappa shape index (κ2) is 4.02. The molecule has 1 heterocycles. The van der Waals surface area contributed by atoms with Crippen LogP contribution in [0.25, 0.3) is 0 Å². The summed E-state index contributed by atoms with van der Waals surface area (Å²) in [5.74, 6) is -0.388. The van der Waals surface area contributed by atoms with Crippen molar-refractivity contribution in [2.24, 2.45) is 0 Å². The molecule has 0 unspecified atom stereocenters. The largest absolute Gasteiger partial charge is 0.461 e. The van der Waals surface area contributed by atoms with Crippen LogP contribution in [0, 0.1) is 0 Å². The molecular formula is C6H8N2O2S. The van der Waals surface area contributed by atoms with E-state index in [0.29, 0.717) is 12.3 Å². The predicted octanol–water partition coefficient (Wildman–Crippen LogP) is 1.10. The van der Waals surface area contributed by atoms with E-state index in [2.05, 4.69) is 8.75 Å². The maximum atomic E-state index is 10.9.